The zero-order chi connectivity index (χ0) is 42.1. The standard InChI is InChI=1S/C48H91NO8/c1-6-8-10-12-14-16-18-19-20-21-22-23-24-25-26-27-28-29-31-32-34-36-38-45(50)55-42-44(43-56-48(47(52)53)54-41-40-49(3,4)5)57-46(51)39-37-35-33-30-17-15-13-11-9-7-2/h11,13,44,48H,6-10,12,14-43H2,1-5H3/b13-11-. The van der Waals surface area contributed by atoms with Crippen LogP contribution in [0.1, 0.15) is 219 Å². The van der Waals surface area contributed by atoms with Gasteiger partial charge in [-0.3, -0.25) is 9.59 Å². The monoisotopic (exact) mass is 810 g/mol. The molecule has 0 fully saturated rings. The van der Waals surface area contributed by atoms with Crippen molar-refractivity contribution >= 4 is 17.9 Å². The topological polar surface area (TPSA) is 111 Å². The summed E-state index contributed by atoms with van der Waals surface area (Å²) in [6.07, 6.45) is 39.7. The summed E-state index contributed by atoms with van der Waals surface area (Å²) in [6.45, 7) is 4.69. The fraction of sp³-hybridized carbons (Fsp3) is 0.896. The van der Waals surface area contributed by atoms with E-state index in [1.807, 2.05) is 21.1 Å². The second kappa shape index (κ2) is 40.8. The van der Waals surface area contributed by atoms with E-state index in [0.29, 0.717) is 23.9 Å². The number of nitrogens with zero attached hydrogens (tertiary/aromatic N) is 1. The van der Waals surface area contributed by atoms with E-state index in [0.717, 1.165) is 57.8 Å². The first-order valence-electron chi connectivity index (χ1n) is 23.8. The van der Waals surface area contributed by atoms with E-state index in [-0.39, 0.29) is 32.2 Å². The lowest BCUT2D eigenvalue weighted by Crippen LogP contribution is -2.44. The molecule has 0 aliphatic rings. The van der Waals surface area contributed by atoms with Crippen molar-refractivity contribution in [3.05, 3.63) is 12.2 Å². The van der Waals surface area contributed by atoms with Crippen LogP contribution >= 0.6 is 0 Å². The van der Waals surface area contributed by atoms with Crippen LogP contribution in [0.4, 0.5) is 0 Å². The number of allylic oxidation sites excluding steroid dienone is 2. The lowest BCUT2D eigenvalue weighted by Gasteiger charge is -2.26. The molecule has 0 heterocycles. The third-order valence-electron chi connectivity index (χ3n) is 10.5. The molecule has 0 aromatic rings. The van der Waals surface area contributed by atoms with Crippen LogP contribution in [0.5, 0.6) is 0 Å². The van der Waals surface area contributed by atoms with E-state index in [4.69, 9.17) is 18.9 Å². The number of ether oxygens (including phenoxy) is 4. The zero-order valence-corrected chi connectivity index (χ0v) is 38.0. The van der Waals surface area contributed by atoms with Gasteiger partial charge in [0.2, 0.25) is 0 Å². The Hall–Kier alpha value is -1.97. The molecule has 0 saturated carbocycles. The quantitative estimate of drug-likeness (QED) is 0.0197. The van der Waals surface area contributed by atoms with Crippen molar-refractivity contribution in [1.82, 2.24) is 0 Å². The van der Waals surface area contributed by atoms with E-state index in [2.05, 4.69) is 26.0 Å². The van der Waals surface area contributed by atoms with Crippen molar-refractivity contribution < 1.29 is 42.9 Å². The molecule has 336 valence electrons. The molecule has 9 heteroatoms. The van der Waals surface area contributed by atoms with Gasteiger partial charge in [0.25, 0.3) is 0 Å². The van der Waals surface area contributed by atoms with Gasteiger partial charge in [0.05, 0.1) is 40.3 Å². The van der Waals surface area contributed by atoms with E-state index in [9.17, 15) is 19.5 Å². The molecule has 0 radical (unpaired) electrons. The Morgan fingerprint density at radius 2 is 0.930 bits per heavy atom. The molecule has 0 aliphatic carbocycles. The molecule has 0 N–H and O–H groups in total. The number of esters is 2. The average Bonchev–Trinajstić information content (AvgIpc) is 3.17. The van der Waals surface area contributed by atoms with Crippen molar-refractivity contribution in [2.75, 3.05) is 47.5 Å². The first-order valence-corrected chi connectivity index (χ1v) is 23.8. The van der Waals surface area contributed by atoms with E-state index < -0.39 is 24.3 Å². The van der Waals surface area contributed by atoms with Crippen LogP contribution < -0.4 is 5.11 Å². The maximum atomic E-state index is 12.7. The number of likely N-dealkylation sites (N-methyl/N-ethyl adjacent to an activating group) is 1. The number of carboxylic acids is 1. The van der Waals surface area contributed by atoms with Crippen LogP contribution in [0.3, 0.4) is 0 Å². The second-order valence-electron chi connectivity index (χ2n) is 17.4. The summed E-state index contributed by atoms with van der Waals surface area (Å²) in [5.74, 6) is -2.29. The molecule has 0 aromatic carbocycles. The number of hydrogen-bond acceptors (Lipinski definition) is 8. The number of aliphatic carboxylic acids is 1. The highest BCUT2D eigenvalue weighted by molar-refractivity contribution is 5.70. The van der Waals surface area contributed by atoms with Gasteiger partial charge in [-0.05, 0) is 32.1 Å². The Morgan fingerprint density at radius 3 is 1.37 bits per heavy atom. The normalized spacial score (nSPS) is 12.9. The summed E-state index contributed by atoms with van der Waals surface area (Å²) < 4.78 is 22.5. The van der Waals surface area contributed by atoms with Crippen LogP contribution in [-0.4, -0.2) is 82.3 Å². The van der Waals surface area contributed by atoms with Gasteiger partial charge in [0, 0.05) is 12.8 Å². The summed E-state index contributed by atoms with van der Waals surface area (Å²) in [7, 11) is 5.91. The van der Waals surface area contributed by atoms with Gasteiger partial charge in [-0.25, -0.2) is 0 Å². The molecular formula is C48H91NO8. The molecule has 9 nitrogen and oxygen atoms in total. The summed E-state index contributed by atoms with van der Waals surface area (Å²) >= 11 is 0. The third-order valence-corrected chi connectivity index (χ3v) is 10.5. The summed E-state index contributed by atoms with van der Waals surface area (Å²) in [5, 5.41) is 11.7. The highest BCUT2D eigenvalue weighted by atomic mass is 16.7. The number of unbranched alkanes of at least 4 members (excludes halogenated alkanes) is 27. The summed E-state index contributed by atoms with van der Waals surface area (Å²) in [6, 6.07) is 0. The molecular weight excluding hydrogens is 719 g/mol. The van der Waals surface area contributed by atoms with Gasteiger partial charge in [0.15, 0.2) is 12.4 Å². The Morgan fingerprint density at radius 1 is 0.509 bits per heavy atom. The highest BCUT2D eigenvalue weighted by Crippen LogP contribution is 2.16. The Labute approximate surface area is 351 Å². The Balaban J connectivity index is 4.21. The molecule has 0 rings (SSSR count). The van der Waals surface area contributed by atoms with Crippen molar-refractivity contribution in [3.63, 3.8) is 0 Å². The molecule has 0 saturated heterocycles. The second-order valence-corrected chi connectivity index (χ2v) is 17.4. The first kappa shape index (κ1) is 55.0. The van der Waals surface area contributed by atoms with Crippen LogP contribution in [-0.2, 0) is 33.3 Å². The third kappa shape index (κ3) is 42.0. The lowest BCUT2D eigenvalue weighted by atomic mass is 10.0. The fourth-order valence-corrected chi connectivity index (χ4v) is 6.77. The van der Waals surface area contributed by atoms with Gasteiger partial charge < -0.3 is 33.3 Å². The minimum absolute atomic E-state index is 0.149. The van der Waals surface area contributed by atoms with Gasteiger partial charge >= 0.3 is 11.9 Å². The van der Waals surface area contributed by atoms with Gasteiger partial charge in [-0.15, -0.1) is 0 Å². The fourth-order valence-electron chi connectivity index (χ4n) is 6.77. The number of carbonyl (C=O) groups excluding carboxylic acids is 3. The molecule has 0 aliphatic heterocycles. The predicted molar refractivity (Wildman–Crippen MR) is 233 cm³/mol. The smallest absolute Gasteiger partial charge is 0.306 e. The number of hydrogen-bond donors (Lipinski definition) is 0. The number of carboxylic acid groups (broad SMARTS) is 1. The van der Waals surface area contributed by atoms with Gasteiger partial charge in [0.1, 0.15) is 13.2 Å². The van der Waals surface area contributed by atoms with Gasteiger partial charge in [-0.2, -0.15) is 0 Å². The number of carbonyl (C=O) groups is 3. The molecule has 0 spiro atoms. The average molecular weight is 810 g/mol. The molecule has 2 atom stereocenters. The molecule has 0 bridgehead atoms. The molecule has 57 heavy (non-hydrogen) atoms. The van der Waals surface area contributed by atoms with Crippen LogP contribution in [0.25, 0.3) is 0 Å². The maximum absolute atomic E-state index is 12.7. The van der Waals surface area contributed by atoms with Crippen molar-refractivity contribution in [1.29, 1.82) is 0 Å². The first-order chi connectivity index (χ1) is 27.6. The van der Waals surface area contributed by atoms with Crippen LogP contribution in [0, 0.1) is 0 Å². The summed E-state index contributed by atoms with van der Waals surface area (Å²) in [5.41, 5.74) is 0. The number of rotatable bonds is 44. The largest absolute Gasteiger partial charge is 0.545 e. The van der Waals surface area contributed by atoms with E-state index in [1.165, 1.54) is 128 Å². The lowest BCUT2D eigenvalue weighted by molar-refractivity contribution is -0.870. The van der Waals surface area contributed by atoms with Crippen molar-refractivity contribution in [2.45, 2.75) is 232 Å². The number of quaternary nitrogens is 1. The summed E-state index contributed by atoms with van der Waals surface area (Å²) in [4.78, 5) is 36.9. The van der Waals surface area contributed by atoms with Gasteiger partial charge in [-0.1, -0.05) is 187 Å². The zero-order valence-electron chi connectivity index (χ0n) is 38.0. The highest BCUT2D eigenvalue weighted by Gasteiger charge is 2.21. The Kier molecular flexibility index (Phi) is 39.4. The molecule has 2 unspecified atom stereocenters. The molecule has 0 aromatic heterocycles. The minimum atomic E-state index is -1.62. The predicted octanol–water partition coefficient (Wildman–Crippen LogP) is 11.3. The minimum Gasteiger partial charge on any atom is -0.545 e. The van der Waals surface area contributed by atoms with E-state index >= 15 is 0 Å². The maximum Gasteiger partial charge on any atom is 0.306 e. The van der Waals surface area contributed by atoms with Crippen LogP contribution in [0.15, 0.2) is 12.2 Å². The SMILES string of the molecule is CCC/C=C\CCCCCCCC(=O)OC(COC(=O)CCCCCCCCCCCCCCCCCCCCCCCC)COC(OCC[N+](C)(C)C)C(=O)[O-]. The molecule has 0 amide bonds. The van der Waals surface area contributed by atoms with Crippen molar-refractivity contribution in [2.24, 2.45) is 0 Å². The van der Waals surface area contributed by atoms with Crippen molar-refractivity contribution in [3.8, 4) is 0 Å². The van der Waals surface area contributed by atoms with E-state index in [1.54, 1.807) is 0 Å². The van der Waals surface area contributed by atoms with Crippen LogP contribution in [0.2, 0.25) is 0 Å². The Bertz CT molecular complexity index is 949.